The third-order valence-electron chi connectivity index (χ3n) is 2.90. The molecule has 1 aliphatic rings. The summed E-state index contributed by atoms with van der Waals surface area (Å²) in [6.45, 7) is 5.05. The SMILES string of the molecule is Cc1nc(NC2(C)CCOC2)ccc1[N+](=O)[O-]. The molecule has 0 spiro atoms. The Kier molecular flexibility index (Phi) is 2.97. The van der Waals surface area contributed by atoms with E-state index in [0.717, 1.165) is 13.0 Å². The van der Waals surface area contributed by atoms with Crippen molar-refractivity contribution in [1.29, 1.82) is 0 Å². The maximum atomic E-state index is 10.7. The molecule has 1 fully saturated rings. The molecule has 0 saturated carbocycles. The van der Waals surface area contributed by atoms with Gasteiger partial charge in [0, 0.05) is 12.7 Å². The predicted molar refractivity (Wildman–Crippen MR) is 63.1 cm³/mol. The molecule has 92 valence electrons. The molecule has 1 aliphatic heterocycles. The quantitative estimate of drug-likeness (QED) is 0.641. The van der Waals surface area contributed by atoms with Gasteiger partial charge in [0.25, 0.3) is 5.69 Å². The summed E-state index contributed by atoms with van der Waals surface area (Å²) in [5.41, 5.74) is 0.334. The Labute approximate surface area is 99.2 Å². The summed E-state index contributed by atoms with van der Waals surface area (Å²) < 4.78 is 5.33. The number of ether oxygens (including phenoxy) is 1. The van der Waals surface area contributed by atoms with Gasteiger partial charge >= 0.3 is 0 Å². The molecule has 0 aliphatic carbocycles. The van der Waals surface area contributed by atoms with Gasteiger partial charge in [-0.15, -0.1) is 0 Å². The van der Waals surface area contributed by atoms with Crippen molar-refractivity contribution >= 4 is 11.5 Å². The van der Waals surface area contributed by atoms with E-state index in [0.29, 0.717) is 18.1 Å². The summed E-state index contributed by atoms with van der Waals surface area (Å²) in [7, 11) is 0. The Morgan fingerprint density at radius 1 is 1.59 bits per heavy atom. The van der Waals surface area contributed by atoms with Gasteiger partial charge in [0.15, 0.2) is 0 Å². The van der Waals surface area contributed by atoms with Crippen molar-refractivity contribution in [2.24, 2.45) is 0 Å². The molecule has 2 rings (SSSR count). The molecule has 0 aromatic carbocycles. The largest absolute Gasteiger partial charge is 0.379 e. The van der Waals surface area contributed by atoms with Crippen LogP contribution in [-0.2, 0) is 4.74 Å². The maximum absolute atomic E-state index is 10.7. The third-order valence-corrected chi connectivity index (χ3v) is 2.90. The summed E-state index contributed by atoms with van der Waals surface area (Å²) in [5.74, 6) is 0.654. The van der Waals surface area contributed by atoms with Gasteiger partial charge in [0.1, 0.15) is 11.5 Å². The Hall–Kier alpha value is -1.69. The smallest absolute Gasteiger partial charge is 0.290 e. The lowest BCUT2D eigenvalue weighted by molar-refractivity contribution is -0.385. The number of hydrogen-bond acceptors (Lipinski definition) is 5. The minimum absolute atomic E-state index is 0.0448. The number of anilines is 1. The second-order valence-electron chi connectivity index (χ2n) is 4.55. The molecule has 1 saturated heterocycles. The van der Waals surface area contributed by atoms with E-state index in [-0.39, 0.29) is 11.2 Å². The molecule has 2 heterocycles. The van der Waals surface area contributed by atoms with Gasteiger partial charge in [-0.05, 0) is 26.3 Å². The van der Waals surface area contributed by atoms with Crippen LogP contribution in [0.1, 0.15) is 19.0 Å². The average molecular weight is 237 g/mol. The standard InChI is InChI=1S/C11H15N3O3/c1-8-9(14(15)16)3-4-10(12-8)13-11(2)5-6-17-7-11/h3-4H,5-7H2,1-2H3,(H,12,13). The fourth-order valence-electron chi connectivity index (χ4n) is 1.89. The molecule has 0 bridgehead atoms. The molecule has 1 aromatic rings. The predicted octanol–water partition coefficient (Wildman–Crippen LogP) is 1.89. The van der Waals surface area contributed by atoms with Crippen LogP contribution >= 0.6 is 0 Å². The van der Waals surface area contributed by atoms with Crippen molar-refractivity contribution in [2.45, 2.75) is 25.8 Å². The first-order chi connectivity index (χ1) is 8.00. The molecule has 1 aromatic heterocycles. The van der Waals surface area contributed by atoms with E-state index >= 15 is 0 Å². The molecule has 6 nitrogen and oxygen atoms in total. The number of nitro groups is 1. The van der Waals surface area contributed by atoms with E-state index in [4.69, 9.17) is 4.74 Å². The van der Waals surface area contributed by atoms with Gasteiger partial charge in [0.05, 0.1) is 17.1 Å². The van der Waals surface area contributed by atoms with Gasteiger partial charge in [-0.25, -0.2) is 4.98 Å². The highest BCUT2D eigenvalue weighted by atomic mass is 16.6. The molecular weight excluding hydrogens is 222 g/mol. The van der Waals surface area contributed by atoms with Crippen molar-refractivity contribution in [2.75, 3.05) is 18.5 Å². The Bertz CT molecular complexity index is 442. The van der Waals surface area contributed by atoms with E-state index in [2.05, 4.69) is 17.2 Å². The molecule has 1 N–H and O–H groups in total. The van der Waals surface area contributed by atoms with Crippen molar-refractivity contribution in [1.82, 2.24) is 4.98 Å². The second kappa shape index (κ2) is 4.29. The molecule has 1 atom stereocenters. The highest BCUT2D eigenvalue weighted by molar-refractivity contribution is 5.46. The van der Waals surface area contributed by atoms with Crippen molar-refractivity contribution in [3.05, 3.63) is 27.9 Å². The lowest BCUT2D eigenvalue weighted by atomic mass is 10.0. The van der Waals surface area contributed by atoms with Gasteiger partial charge in [0.2, 0.25) is 0 Å². The van der Waals surface area contributed by atoms with Crippen LogP contribution < -0.4 is 5.32 Å². The minimum Gasteiger partial charge on any atom is -0.379 e. The number of nitrogens with zero attached hydrogens (tertiary/aromatic N) is 2. The van der Waals surface area contributed by atoms with E-state index < -0.39 is 4.92 Å². The van der Waals surface area contributed by atoms with Crippen LogP contribution in [0.5, 0.6) is 0 Å². The molecule has 6 heteroatoms. The zero-order valence-electron chi connectivity index (χ0n) is 9.90. The van der Waals surface area contributed by atoms with Crippen molar-refractivity contribution in [3.63, 3.8) is 0 Å². The normalized spacial score (nSPS) is 23.6. The minimum atomic E-state index is -0.424. The number of pyridine rings is 1. The number of hydrogen-bond donors (Lipinski definition) is 1. The van der Waals surface area contributed by atoms with Gasteiger partial charge in [-0.3, -0.25) is 10.1 Å². The number of aryl methyl sites for hydroxylation is 1. The van der Waals surface area contributed by atoms with E-state index in [1.54, 1.807) is 13.0 Å². The summed E-state index contributed by atoms with van der Waals surface area (Å²) in [6.07, 6.45) is 0.907. The fourth-order valence-corrected chi connectivity index (χ4v) is 1.89. The van der Waals surface area contributed by atoms with Crippen LogP contribution in [0.15, 0.2) is 12.1 Å². The Morgan fingerprint density at radius 3 is 2.88 bits per heavy atom. The van der Waals surface area contributed by atoms with Crippen LogP contribution in [0, 0.1) is 17.0 Å². The lowest BCUT2D eigenvalue weighted by Gasteiger charge is -2.24. The van der Waals surface area contributed by atoms with Gasteiger partial charge in [-0.1, -0.05) is 0 Å². The van der Waals surface area contributed by atoms with Crippen LogP contribution in [0.3, 0.4) is 0 Å². The zero-order chi connectivity index (χ0) is 12.5. The van der Waals surface area contributed by atoms with E-state index in [1.165, 1.54) is 6.07 Å². The third kappa shape index (κ3) is 2.52. The monoisotopic (exact) mass is 237 g/mol. The number of rotatable bonds is 3. The highest BCUT2D eigenvalue weighted by Gasteiger charge is 2.30. The number of nitrogens with one attached hydrogen (secondary N) is 1. The maximum Gasteiger partial charge on any atom is 0.290 e. The Morgan fingerprint density at radius 2 is 2.35 bits per heavy atom. The van der Waals surface area contributed by atoms with Crippen molar-refractivity contribution in [3.8, 4) is 0 Å². The molecular formula is C11H15N3O3. The van der Waals surface area contributed by atoms with Gasteiger partial charge < -0.3 is 10.1 Å². The first-order valence-electron chi connectivity index (χ1n) is 5.48. The first kappa shape index (κ1) is 11.8. The summed E-state index contributed by atoms with van der Waals surface area (Å²) in [6, 6.07) is 3.11. The summed E-state index contributed by atoms with van der Waals surface area (Å²) >= 11 is 0. The summed E-state index contributed by atoms with van der Waals surface area (Å²) in [5, 5.41) is 13.9. The number of aromatic nitrogens is 1. The average Bonchev–Trinajstić information content (AvgIpc) is 2.64. The second-order valence-corrected chi connectivity index (χ2v) is 4.55. The van der Waals surface area contributed by atoms with Crippen LogP contribution in [-0.4, -0.2) is 28.7 Å². The lowest BCUT2D eigenvalue weighted by Crippen LogP contribution is -2.35. The molecule has 1 unspecified atom stereocenters. The topological polar surface area (TPSA) is 77.3 Å². The zero-order valence-corrected chi connectivity index (χ0v) is 9.90. The highest BCUT2D eigenvalue weighted by Crippen LogP contribution is 2.24. The first-order valence-corrected chi connectivity index (χ1v) is 5.48. The van der Waals surface area contributed by atoms with Gasteiger partial charge in [-0.2, -0.15) is 0 Å². The Balaban J connectivity index is 2.17. The van der Waals surface area contributed by atoms with Crippen molar-refractivity contribution < 1.29 is 9.66 Å². The van der Waals surface area contributed by atoms with Crippen LogP contribution in [0.2, 0.25) is 0 Å². The van der Waals surface area contributed by atoms with E-state index in [9.17, 15) is 10.1 Å². The summed E-state index contributed by atoms with van der Waals surface area (Å²) in [4.78, 5) is 14.4. The molecule has 17 heavy (non-hydrogen) atoms. The van der Waals surface area contributed by atoms with Crippen LogP contribution in [0.4, 0.5) is 11.5 Å². The van der Waals surface area contributed by atoms with Crippen LogP contribution in [0.25, 0.3) is 0 Å². The van der Waals surface area contributed by atoms with E-state index in [1.807, 2.05) is 0 Å². The fraction of sp³-hybridized carbons (Fsp3) is 0.545. The molecule has 0 amide bonds. The molecule has 0 radical (unpaired) electrons.